The van der Waals surface area contributed by atoms with Crippen LogP contribution in [0.25, 0.3) is 0 Å². The van der Waals surface area contributed by atoms with Gasteiger partial charge in [0.1, 0.15) is 5.75 Å². The summed E-state index contributed by atoms with van der Waals surface area (Å²) in [5, 5.41) is 0. The maximum atomic E-state index is 5.73. The van der Waals surface area contributed by atoms with Crippen LogP contribution in [0.1, 0.15) is 35.7 Å². The van der Waals surface area contributed by atoms with E-state index in [-0.39, 0.29) is 0 Å². The molecule has 1 aliphatic heterocycles. The van der Waals surface area contributed by atoms with E-state index in [1.807, 2.05) is 6.92 Å². The molecular weight excluding hydrogens is 292 g/mol. The number of hydrogen-bond acceptors (Lipinski definition) is 2. The minimum absolute atomic E-state index is 0.319. The Bertz CT molecular complexity index is 386. The monoisotopic (exact) mass is 312 g/mol. The van der Waals surface area contributed by atoms with Gasteiger partial charge in [0.15, 0.2) is 0 Å². The summed E-state index contributed by atoms with van der Waals surface area (Å²) in [6, 6.07) is 6.40. The zero-order valence-corrected chi connectivity index (χ0v) is 12.7. The molecule has 0 aliphatic carbocycles. The first-order valence-electron chi connectivity index (χ1n) is 6.67. The molecule has 1 heterocycles. The largest absolute Gasteiger partial charge is 0.494 e. The number of hydrogen-bond donors (Lipinski definition) is 0. The molecule has 1 aromatic rings. The topological polar surface area (TPSA) is 18.5 Å². The highest BCUT2D eigenvalue weighted by Crippen LogP contribution is 2.40. The fourth-order valence-corrected chi connectivity index (χ4v) is 3.20. The van der Waals surface area contributed by atoms with E-state index in [4.69, 9.17) is 9.47 Å². The molecule has 2 rings (SSSR count). The molecule has 0 N–H and O–H groups in total. The minimum atomic E-state index is 0.319. The van der Waals surface area contributed by atoms with Crippen LogP contribution >= 0.6 is 15.9 Å². The Hall–Kier alpha value is -0.540. The van der Waals surface area contributed by atoms with E-state index in [9.17, 15) is 0 Å². The first-order chi connectivity index (χ1) is 8.72. The van der Waals surface area contributed by atoms with Crippen molar-refractivity contribution in [1.82, 2.24) is 0 Å². The van der Waals surface area contributed by atoms with E-state index in [0.29, 0.717) is 17.4 Å². The molecule has 0 radical (unpaired) electrons. The molecule has 1 fully saturated rings. The second-order valence-electron chi connectivity index (χ2n) is 4.85. The first kappa shape index (κ1) is 13.9. The molecule has 0 spiro atoms. The molecular formula is C15H21BrO2. The van der Waals surface area contributed by atoms with Gasteiger partial charge >= 0.3 is 0 Å². The van der Waals surface area contributed by atoms with E-state index >= 15 is 0 Å². The number of ether oxygens (including phenoxy) is 2. The van der Waals surface area contributed by atoms with Gasteiger partial charge in [0.25, 0.3) is 0 Å². The van der Waals surface area contributed by atoms with E-state index in [2.05, 4.69) is 41.1 Å². The summed E-state index contributed by atoms with van der Waals surface area (Å²) < 4.78 is 11.3. The van der Waals surface area contributed by atoms with Crippen LogP contribution in [-0.4, -0.2) is 19.8 Å². The number of rotatable bonds is 4. The second-order valence-corrected chi connectivity index (χ2v) is 5.84. The molecule has 0 bridgehead atoms. The van der Waals surface area contributed by atoms with Gasteiger partial charge in [-0.15, -0.1) is 0 Å². The molecule has 2 atom stereocenters. The normalized spacial score (nSPS) is 21.6. The molecule has 1 aliphatic rings. The maximum absolute atomic E-state index is 5.73. The first-order valence-corrected chi connectivity index (χ1v) is 7.59. The average Bonchev–Trinajstić information content (AvgIpc) is 2.41. The number of aryl methyl sites for hydroxylation is 1. The van der Waals surface area contributed by atoms with Crippen molar-refractivity contribution in [3.63, 3.8) is 0 Å². The van der Waals surface area contributed by atoms with Gasteiger partial charge in [0, 0.05) is 17.0 Å². The summed E-state index contributed by atoms with van der Waals surface area (Å²) in [5.74, 6) is 1.54. The van der Waals surface area contributed by atoms with Crippen molar-refractivity contribution in [2.75, 3.05) is 19.8 Å². The fraction of sp³-hybridized carbons (Fsp3) is 0.600. The van der Waals surface area contributed by atoms with Crippen molar-refractivity contribution in [3.05, 3.63) is 29.3 Å². The standard InChI is InChI=1S/C15H21BrO2/c1-3-18-14-7-6-11(2)9-13(14)15(16)12-5-4-8-17-10-12/h6-7,9,12,15H,3-5,8,10H2,1-2H3. The van der Waals surface area contributed by atoms with Gasteiger partial charge in [-0.3, -0.25) is 0 Å². The van der Waals surface area contributed by atoms with Crippen LogP contribution in [0.2, 0.25) is 0 Å². The van der Waals surface area contributed by atoms with Gasteiger partial charge in [-0.25, -0.2) is 0 Å². The summed E-state index contributed by atoms with van der Waals surface area (Å²) in [6.07, 6.45) is 2.37. The zero-order valence-electron chi connectivity index (χ0n) is 11.1. The van der Waals surface area contributed by atoms with Gasteiger partial charge in [-0.05, 0) is 38.7 Å². The molecule has 3 heteroatoms. The van der Waals surface area contributed by atoms with E-state index in [1.165, 1.54) is 17.5 Å². The summed E-state index contributed by atoms with van der Waals surface area (Å²) in [5.41, 5.74) is 2.53. The van der Waals surface area contributed by atoms with Crippen LogP contribution in [-0.2, 0) is 4.74 Å². The summed E-state index contributed by atoms with van der Waals surface area (Å²) >= 11 is 3.84. The number of benzene rings is 1. The van der Waals surface area contributed by atoms with Gasteiger partial charge in [-0.2, -0.15) is 0 Å². The molecule has 0 saturated carbocycles. The smallest absolute Gasteiger partial charge is 0.123 e. The third kappa shape index (κ3) is 3.27. The molecule has 18 heavy (non-hydrogen) atoms. The Morgan fingerprint density at radius 3 is 3.00 bits per heavy atom. The molecule has 2 nitrogen and oxygen atoms in total. The van der Waals surface area contributed by atoms with Gasteiger partial charge in [0.05, 0.1) is 13.2 Å². The fourth-order valence-electron chi connectivity index (χ4n) is 2.42. The Labute approximate surface area is 118 Å². The lowest BCUT2D eigenvalue weighted by Crippen LogP contribution is -2.21. The van der Waals surface area contributed by atoms with Crippen LogP contribution in [0.5, 0.6) is 5.75 Å². The lowest BCUT2D eigenvalue weighted by atomic mass is 9.93. The van der Waals surface area contributed by atoms with Crippen molar-refractivity contribution < 1.29 is 9.47 Å². The third-order valence-corrected chi connectivity index (χ3v) is 4.61. The average molecular weight is 313 g/mol. The van der Waals surface area contributed by atoms with Crippen molar-refractivity contribution in [3.8, 4) is 5.75 Å². The highest BCUT2D eigenvalue weighted by molar-refractivity contribution is 9.09. The van der Waals surface area contributed by atoms with Crippen molar-refractivity contribution >= 4 is 15.9 Å². The Kier molecular flexibility index (Phi) is 5.07. The highest BCUT2D eigenvalue weighted by Gasteiger charge is 2.25. The van der Waals surface area contributed by atoms with Crippen molar-refractivity contribution in [2.24, 2.45) is 5.92 Å². The predicted octanol–water partition coefficient (Wildman–Crippen LogP) is 4.26. The lowest BCUT2D eigenvalue weighted by molar-refractivity contribution is 0.0543. The van der Waals surface area contributed by atoms with Gasteiger partial charge in [0.2, 0.25) is 0 Å². The van der Waals surface area contributed by atoms with Crippen LogP contribution in [0.4, 0.5) is 0 Å². The summed E-state index contributed by atoms with van der Waals surface area (Å²) in [4.78, 5) is 0.319. The molecule has 0 amide bonds. The van der Waals surface area contributed by atoms with E-state index < -0.39 is 0 Å². The number of halogens is 1. The second kappa shape index (κ2) is 6.58. The molecule has 0 aromatic heterocycles. The third-order valence-electron chi connectivity index (χ3n) is 3.37. The highest BCUT2D eigenvalue weighted by atomic mass is 79.9. The van der Waals surface area contributed by atoms with Crippen LogP contribution in [0.3, 0.4) is 0 Å². The van der Waals surface area contributed by atoms with Gasteiger partial charge < -0.3 is 9.47 Å². The molecule has 1 aromatic carbocycles. The quantitative estimate of drug-likeness (QED) is 0.774. The van der Waals surface area contributed by atoms with Crippen LogP contribution in [0, 0.1) is 12.8 Å². The molecule has 2 unspecified atom stereocenters. The van der Waals surface area contributed by atoms with E-state index in [0.717, 1.165) is 25.4 Å². The molecule has 100 valence electrons. The number of alkyl halides is 1. The SMILES string of the molecule is CCOc1ccc(C)cc1C(Br)C1CCCOC1. The summed E-state index contributed by atoms with van der Waals surface area (Å²) in [7, 11) is 0. The Morgan fingerprint density at radius 1 is 1.50 bits per heavy atom. The van der Waals surface area contributed by atoms with Gasteiger partial charge in [-0.1, -0.05) is 33.6 Å². The maximum Gasteiger partial charge on any atom is 0.123 e. The molecule has 1 saturated heterocycles. The summed E-state index contributed by atoms with van der Waals surface area (Å²) in [6.45, 7) is 6.60. The van der Waals surface area contributed by atoms with E-state index in [1.54, 1.807) is 0 Å². The lowest BCUT2D eigenvalue weighted by Gasteiger charge is -2.28. The van der Waals surface area contributed by atoms with Crippen LogP contribution in [0.15, 0.2) is 18.2 Å². The Balaban J connectivity index is 2.21. The Morgan fingerprint density at radius 2 is 2.33 bits per heavy atom. The van der Waals surface area contributed by atoms with Crippen molar-refractivity contribution in [2.45, 2.75) is 31.5 Å². The minimum Gasteiger partial charge on any atom is -0.494 e. The van der Waals surface area contributed by atoms with Crippen LogP contribution < -0.4 is 4.74 Å². The predicted molar refractivity (Wildman–Crippen MR) is 77.6 cm³/mol. The zero-order chi connectivity index (χ0) is 13.0. The van der Waals surface area contributed by atoms with Crippen molar-refractivity contribution in [1.29, 1.82) is 0 Å².